The fourth-order valence-corrected chi connectivity index (χ4v) is 4.58. The molecule has 7 nitrogen and oxygen atoms in total. The van der Waals surface area contributed by atoms with Crippen LogP contribution in [0.15, 0.2) is 30.3 Å². The minimum atomic E-state index is -0.255. The number of hydrogen-bond acceptors (Lipinski definition) is 6. The minimum absolute atomic E-state index is 0.173. The number of carbonyl (C=O) groups excluding carboxylic acids is 1. The van der Waals surface area contributed by atoms with Gasteiger partial charge in [0.2, 0.25) is 11.5 Å². The average molecular weight is 457 g/mol. The normalized spacial score (nSPS) is 16.1. The van der Waals surface area contributed by atoms with Crippen molar-refractivity contribution in [3.63, 3.8) is 0 Å². The van der Waals surface area contributed by atoms with E-state index in [0.717, 1.165) is 12.0 Å². The monoisotopic (exact) mass is 456 g/mol. The smallest absolute Gasteiger partial charge is 0.255 e. The number of methoxy groups -OCH3 is 3. The first kappa shape index (κ1) is 24.7. The highest BCUT2D eigenvalue weighted by Crippen LogP contribution is 2.68. The van der Waals surface area contributed by atoms with E-state index in [1.54, 1.807) is 6.07 Å². The van der Waals surface area contributed by atoms with E-state index in [-0.39, 0.29) is 16.7 Å². The van der Waals surface area contributed by atoms with Crippen molar-refractivity contribution >= 4 is 5.91 Å². The van der Waals surface area contributed by atoms with E-state index < -0.39 is 0 Å². The maximum Gasteiger partial charge on any atom is 0.255 e. The second-order valence-corrected chi connectivity index (χ2v) is 9.51. The standard InChI is InChI=1S/C26H36N2O5/c1-25(2)20(26(25,3)4)15-28-24(29)18-14-19(22(31-6)23(32-7)21(18)30-5)33-17-10-8-16(9-11-17)12-13-27/h8-11,14,20H,12-13,15,27H2,1-7H3,(H,28,29). The highest BCUT2D eigenvalue weighted by molar-refractivity contribution is 5.99. The maximum atomic E-state index is 13.2. The summed E-state index contributed by atoms with van der Waals surface area (Å²) in [6.07, 6.45) is 0.791. The van der Waals surface area contributed by atoms with Crippen LogP contribution in [0.25, 0.3) is 0 Å². The zero-order chi connectivity index (χ0) is 24.4. The Hall–Kier alpha value is -2.93. The largest absolute Gasteiger partial charge is 0.492 e. The summed E-state index contributed by atoms with van der Waals surface area (Å²) in [5, 5.41) is 3.07. The molecule has 3 N–H and O–H groups in total. The summed E-state index contributed by atoms with van der Waals surface area (Å²) >= 11 is 0. The Kier molecular flexibility index (Phi) is 7.12. The third kappa shape index (κ3) is 4.60. The van der Waals surface area contributed by atoms with Gasteiger partial charge in [0.15, 0.2) is 11.5 Å². The Bertz CT molecular complexity index is 985. The molecule has 0 radical (unpaired) electrons. The van der Waals surface area contributed by atoms with Crippen molar-refractivity contribution < 1.29 is 23.7 Å². The van der Waals surface area contributed by atoms with Gasteiger partial charge in [-0.1, -0.05) is 39.8 Å². The summed E-state index contributed by atoms with van der Waals surface area (Å²) in [6.45, 7) is 10.1. The minimum Gasteiger partial charge on any atom is -0.492 e. The molecule has 0 bridgehead atoms. The third-order valence-corrected chi connectivity index (χ3v) is 7.38. The van der Waals surface area contributed by atoms with E-state index in [4.69, 9.17) is 24.7 Å². The number of hydrogen-bond donors (Lipinski definition) is 2. The van der Waals surface area contributed by atoms with Gasteiger partial charge in [-0.05, 0) is 47.4 Å². The molecular weight excluding hydrogens is 420 g/mol. The number of carbonyl (C=O) groups is 1. The van der Waals surface area contributed by atoms with Crippen LogP contribution in [0.4, 0.5) is 0 Å². The van der Waals surface area contributed by atoms with E-state index in [9.17, 15) is 4.79 Å². The molecule has 0 spiro atoms. The van der Waals surface area contributed by atoms with Crippen molar-refractivity contribution in [3.05, 3.63) is 41.5 Å². The van der Waals surface area contributed by atoms with Gasteiger partial charge in [-0.2, -0.15) is 0 Å². The van der Waals surface area contributed by atoms with Crippen LogP contribution in [0.3, 0.4) is 0 Å². The Labute approximate surface area is 196 Å². The average Bonchev–Trinajstić information content (AvgIpc) is 3.19. The summed E-state index contributed by atoms with van der Waals surface area (Å²) in [4.78, 5) is 13.2. The van der Waals surface area contributed by atoms with E-state index in [0.29, 0.717) is 53.3 Å². The molecule has 33 heavy (non-hydrogen) atoms. The second-order valence-electron chi connectivity index (χ2n) is 9.51. The molecule has 180 valence electrons. The van der Waals surface area contributed by atoms with Crippen LogP contribution in [0.1, 0.15) is 43.6 Å². The number of benzene rings is 2. The number of nitrogens with one attached hydrogen (secondary N) is 1. The molecule has 0 aromatic heterocycles. The van der Waals surface area contributed by atoms with Crippen molar-refractivity contribution in [2.75, 3.05) is 34.4 Å². The Morgan fingerprint density at radius 1 is 0.939 bits per heavy atom. The van der Waals surface area contributed by atoms with Gasteiger partial charge in [-0.25, -0.2) is 0 Å². The molecule has 2 aromatic rings. The SMILES string of the molecule is COc1c(Oc2ccc(CCN)cc2)cc(C(=O)NCC2C(C)(C)C2(C)C)c(OC)c1OC. The molecule has 0 saturated heterocycles. The van der Waals surface area contributed by atoms with Crippen LogP contribution >= 0.6 is 0 Å². The summed E-state index contributed by atoms with van der Waals surface area (Å²) in [6, 6.07) is 9.27. The lowest BCUT2D eigenvalue weighted by atomic mass is 10.0. The first-order valence-electron chi connectivity index (χ1n) is 11.2. The topological polar surface area (TPSA) is 92.0 Å². The van der Waals surface area contributed by atoms with Gasteiger partial charge in [0.25, 0.3) is 5.91 Å². The first-order valence-corrected chi connectivity index (χ1v) is 11.2. The number of rotatable bonds is 10. The molecule has 2 aromatic carbocycles. The maximum absolute atomic E-state index is 13.2. The molecule has 1 aliphatic rings. The number of ether oxygens (including phenoxy) is 4. The molecule has 0 heterocycles. The number of nitrogens with two attached hydrogens (primary N) is 1. The van der Waals surface area contributed by atoms with Gasteiger partial charge >= 0.3 is 0 Å². The van der Waals surface area contributed by atoms with Crippen LogP contribution in [0.2, 0.25) is 0 Å². The molecule has 1 aliphatic carbocycles. The van der Waals surface area contributed by atoms with Crippen molar-refractivity contribution in [2.45, 2.75) is 34.1 Å². The molecule has 0 atom stereocenters. The van der Waals surface area contributed by atoms with E-state index in [1.165, 1.54) is 21.3 Å². The van der Waals surface area contributed by atoms with E-state index in [1.807, 2.05) is 24.3 Å². The first-order chi connectivity index (χ1) is 15.6. The Morgan fingerprint density at radius 3 is 2.00 bits per heavy atom. The molecule has 1 fully saturated rings. The van der Waals surface area contributed by atoms with Crippen LogP contribution in [0, 0.1) is 16.7 Å². The molecular formula is C26H36N2O5. The van der Waals surface area contributed by atoms with Crippen LogP contribution in [0.5, 0.6) is 28.7 Å². The van der Waals surface area contributed by atoms with Crippen molar-refractivity contribution in [1.82, 2.24) is 5.32 Å². The van der Waals surface area contributed by atoms with Gasteiger partial charge in [0, 0.05) is 12.6 Å². The molecule has 1 amide bonds. The molecule has 0 unspecified atom stereocenters. The van der Waals surface area contributed by atoms with E-state index >= 15 is 0 Å². The van der Waals surface area contributed by atoms with Crippen molar-refractivity contribution in [3.8, 4) is 28.7 Å². The lowest BCUT2D eigenvalue weighted by molar-refractivity contribution is 0.0945. The highest BCUT2D eigenvalue weighted by atomic mass is 16.5. The van der Waals surface area contributed by atoms with Gasteiger partial charge in [-0.3, -0.25) is 4.79 Å². The summed E-state index contributed by atoms with van der Waals surface area (Å²) in [5.41, 5.74) is 7.42. The second kappa shape index (κ2) is 9.51. The molecule has 3 rings (SSSR count). The van der Waals surface area contributed by atoms with E-state index in [2.05, 4.69) is 33.0 Å². The lowest BCUT2D eigenvalue weighted by Crippen LogP contribution is -2.27. The van der Waals surface area contributed by atoms with Crippen LogP contribution in [-0.2, 0) is 6.42 Å². The summed E-state index contributed by atoms with van der Waals surface area (Å²) in [7, 11) is 4.52. The summed E-state index contributed by atoms with van der Waals surface area (Å²) < 4.78 is 22.8. The Morgan fingerprint density at radius 2 is 1.52 bits per heavy atom. The fourth-order valence-electron chi connectivity index (χ4n) is 4.58. The van der Waals surface area contributed by atoms with Crippen molar-refractivity contribution in [1.29, 1.82) is 0 Å². The predicted octanol–water partition coefficient (Wildman–Crippen LogP) is 4.42. The fraction of sp³-hybridized carbons (Fsp3) is 0.500. The number of amides is 1. The Balaban J connectivity index is 1.91. The van der Waals surface area contributed by atoms with Gasteiger partial charge < -0.3 is 30.0 Å². The lowest BCUT2D eigenvalue weighted by Gasteiger charge is -2.19. The van der Waals surface area contributed by atoms with Gasteiger partial charge in [-0.15, -0.1) is 0 Å². The zero-order valence-electron chi connectivity index (χ0n) is 20.7. The quantitative estimate of drug-likeness (QED) is 0.550. The van der Waals surface area contributed by atoms with Gasteiger partial charge in [0.1, 0.15) is 5.75 Å². The third-order valence-electron chi connectivity index (χ3n) is 7.38. The van der Waals surface area contributed by atoms with Crippen LogP contribution in [-0.4, -0.2) is 40.3 Å². The molecule has 0 aliphatic heterocycles. The summed E-state index contributed by atoms with van der Waals surface area (Å²) in [5.74, 6) is 2.05. The zero-order valence-corrected chi connectivity index (χ0v) is 20.7. The van der Waals surface area contributed by atoms with Crippen molar-refractivity contribution in [2.24, 2.45) is 22.5 Å². The molecule has 1 saturated carbocycles. The van der Waals surface area contributed by atoms with Gasteiger partial charge in [0.05, 0.1) is 26.9 Å². The van der Waals surface area contributed by atoms with Crippen LogP contribution < -0.4 is 30.0 Å². The highest BCUT2D eigenvalue weighted by Gasteiger charge is 2.64. The predicted molar refractivity (Wildman–Crippen MR) is 129 cm³/mol. The molecule has 7 heteroatoms.